The fourth-order valence-electron chi connectivity index (χ4n) is 3.14. The lowest BCUT2D eigenvalue weighted by molar-refractivity contribution is -0.883. The molecular formula is C16H24N3O3S+. The number of nitrogens with one attached hydrogen (secondary N) is 1. The Labute approximate surface area is 137 Å². The molecule has 0 spiro atoms. The monoisotopic (exact) mass is 338 g/mol. The van der Waals surface area contributed by atoms with Crippen LogP contribution in [0.2, 0.25) is 0 Å². The molecule has 1 aromatic carbocycles. The van der Waals surface area contributed by atoms with Gasteiger partial charge in [0, 0.05) is 18.7 Å². The largest absolute Gasteiger partial charge is 0.334 e. The quantitative estimate of drug-likeness (QED) is 0.804. The highest BCUT2D eigenvalue weighted by Gasteiger charge is 2.28. The molecule has 0 aliphatic carbocycles. The number of carbonyl (C=O) groups excluding carboxylic acids is 1. The summed E-state index contributed by atoms with van der Waals surface area (Å²) in [7, 11) is -1.36. The van der Waals surface area contributed by atoms with Crippen LogP contribution in [0, 0.1) is 0 Å². The molecule has 23 heavy (non-hydrogen) atoms. The first kappa shape index (κ1) is 16.4. The van der Waals surface area contributed by atoms with E-state index in [-0.39, 0.29) is 10.8 Å². The summed E-state index contributed by atoms with van der Waals surface area (Å²) in [5, 5.41) is 0. The van der Waals surface area contributed by atoms with Crippen LogP contribution in [0.1, 0.15) is 23.2 Å². The van der Waals surface area contributed by atoms with E-state index in [1.54, 1.807) is 18.2 Å². The first-order valence-corrected chi connectivity index (χ1v) is 9.63. The predicted molar refractivity (Wildman–Crippen MR) is 87.0 cm³/mol. The van der Waals surface area contributed by atoms with E-state index >= 15 is 0 Å². The van der Waals surface area contributed by atoms with Crippen LogP contribution in [-0.2, 0) is 10.0 Å². The molecule has 0 aromatic heterocycles. The van der Waals surface area contributed by atoms with Gasteiger partial charge in [0.25, 0.3) is 5.91 Å². The average Bonchev–Trinajstić information content (AvgIpc) is 3.10. The van der Waals surface area contributed by atoms with Crippen molar-refractivity contribution < 1.29 is 18.1 Å². The summed E-state index contributed by atoms with van der Waals surface area (Å²) in [6.07, 6.45) is 1.81. The third-order valence-electron chi connectivity index (χ3n) is 4.69. The normalized spacial score (nSPS) is 20.8. The molecule has 0 saturated carbocycles. The van der Waals surface area contributed by atoms with E-state index in [9.17, 15) is 13.2 Å². The van der Waals surface area contributed by atoms with Crippen molar-refractivity contribution in [2.75, 3.05) is 46.3 Å². The Morgan fingerprint density at radius 3 is 2.39 bits per heavy atom. The molecule has 3 rings (SSSR count). The maximum Gasteiger partial charge on any atom is 0.254 e. The van der Waals surface area contributed by atoms with Crippen LogP contribution in [0.15, 0.2) is 29.2 Å². The number of rotatable bonds is 3. The molecule has 126 valence electrons. The van der Waals surface area contributed by atoms with Crippen molar-refractivity contribution in [2.24, 2.45) is 0 Å². The highest BCUT2D eigenvalue weighted by molar-refractivity contribution is 7.89. The lowest BCUT2D eigenvalue weighted by Gasteiger charge is -2.30. The van der Waals surface area contributed by atoms with Crippen LogP contribution in [0.25, 0.3) is 0 Å². The van der Waals surface area contributed by atoms with E-state index in [4.69, 9.17) is 0 Å². The molecule has 1 amide bonds. The number of piperazine rings is 1. The summed E-state index contributed by atoms with van der Waals surface area (Å²) in [4.78, 5) is 16.1. The molecule has 2 heterocycles. The van der Waals surface area contributed by atoms with Crippen molar-refractivity contribution in [1.82, 2.24) is 9.21 Å². The number of nitrogens with zero attached hydrogens (tertiary/aromatic N) is 2. The van der Waals surface area contributed by atoms with Gasteiger partial charge in [0.1, 0.15) is 0 Å². The van der Waals surface area contributed by atoms with Crippen LogP contribution >= 0.6 is 0 Å². The molecule has 0 bridgehead atoms. The highest BCUT2D eigenvalue weighted by atomic mass is 32.2. The molecule has 1 N–H and O–H groups in total. The molecule has 0 atom stereocenters. The smallest absolute Gasteiger partial charge is 0.254 e. The Hall–Kier alpha value is -1.44. The molecule has 7 heteroatoms. The van der Waals surface area contributed by atoms with Crippen LogP contribution in [0.3, 0.4) is 0 Å². The standard InChI is InChI=1S/C16H23N3O3S/c1-17-9-11-18(12-10-17)16(20)14-5-4-6-15(13-14)23(21,22)19-7-2-3-8-19/h4-6,13H,2-3,7-12H2,1H3/p+1. The molecule has 0 unspecified atom stereocenters. The van der Waals surface area contributed by atoms with Crippen LogP contribution in [0.5, 0.6) is 0 Å². The van der Waals surface area contributed by atoms with Crippen molar-refractivity contribution in [1.29, 1.82) is 0 Å². The predicted octanol–water partition coefficient (Wildman–Crippen LogP) is -0.558. The van der Waals surface area contributed by atoms with Gasteiger partial charge in [-0.15, -0.1) is 0 Å². The Kier molecular flexibility index (Phi) is 4.70. The van der Waals surface area contributed by atoms with E-state index < -0.39 is 10.0 Å². The first-order valence-electron chi connectivity index (χ1n) is 8.19. The topological polar surface area (TPSA) is 62.1 Å². The third kappa shape index (κ3) is 3.41. The number of hydrogen-bond donors (Lipinski definition) is 1. The lowest BCUT2D eigenvalue weighted by atomic mass is 10.2. The van der Waals surface area contributed by atoms with Gasteiger partial charge in [-0.1, -0.05) is 6.07 Å². The minimum absolute atomic E-state index is 0.0732. The second-order valence-electron chi connectivity index (χ2n) is 6.39. The summed E-state index contributed by atoms with van der Waals surface area (Å²) in [6, 6.07) is 6.48. The maximum absolute atomic E-state index is 12.6. The molecule has 2 fully saturated rings. The number of hydrogen-bond acceptors (Lipinski definition) is 3. The Morgan fingerprint density at radius 2 is 1.74 bits per heavy atom. The number of benzene rings is 1. The van der Waals surface area contributed by atoms with Crippen molar-refractivity contribution in [3.05, 3.63) is 29.8 Å². The zero-order valence-electron chi connectivity index (χ0n) is 13.5. The summed E-state index contributed by atoms with van der Waals surface area (Å²) in [5.41, 5.74) is 0.463. The van der Waals surface area contributed by atoms with Gasteiger partial charge in [-0.25, -0.2) is 8.42 Å². The van der Waals surface area contributed by atoms with Crippen LogP contribution < -0.4 is 4.90 Å². The van der Waals surface area contributed by atoms with Gasteiger partial charge in [0.05, 0.1) is 38.1 Å². The fourth-order valence-corrected chi connectivity index (χ4v) is 4.70. The van der Waals surface area contributed by atoms with E-state index in [0.717, 1.165) is 25.9 Å². The van der Waals surface area contributed by atoms with Crippen molar-refractivity contribution in [3.8, 4) is 0 Å². The first-order chi connectivity index (χ1) is 11.0. The summed E-state index contributed by atoms with van der Waals surface area (Å²) in [5.74, 6) is -0.0732. The number of carbonyl (C=O) groups is 1. The van der Waals surface area contributed by atoms with Gasteiger partial charge < -0.3 is 9.80 Å². The summed E-state index contributed by atoms with van der Waals surface area (Å²) >= 11 is 0. The summed E-state index contributed by atoms with van der Waals surface area (Å²) < 4.78 is 26.8. The van der Waals surface area contributed by atoms with Crippen LogP contribution in [-0.4, -0.2) is 69.8 Å². The SMILES string of the molecule is C[NH+]1CCN(C(=O)c2cccc(S(=O)(=O)N3CCCC3)c2)CC1. The number of likely N-dealkylation sites (N-methyl/N-ethyl adjacent to an activating group) is 1. The van der Waals surface area contributed by atoms with Gasteiger partial charge in [-0.2, -0.15) is 4.31 Å². The zero-order valence-corrected chi connectivity index (χ0v) is 14.3. The molecule has 2 aliphatic rings. The molecule has 0 radical (unpaired) electrons. The number of amides is 1. The second kappa shape index (κ2) is 6.59. The molecule has 1 aromatic rings. The second-order valence-corrected chi connectivity index (χ2v) is 8.33. The minimum atomic E-state index is -3.48. The molecule has 2 saturated heterocycles. The average molecular weight is 338 g/mol. The van der Waals surface area contributed by atoms with E-state index in [1.165, 1.54) is 15.3 Å². The van der Waals surface area contributed by atoms with Gasteiger partial charge >= 0.3 is 0 Å². The zero-order chi connectivity index (χ0) is 16.4. The number of quaternary nitrogens is 1. The van der Waals surface area contributed by atoms with Crippen molar-refractivity contribution in [3.63, 3.8) is 0 Å². The molecule has 2 aliphatic heterocycles. The van der Waals surface area contributed by atoms with E-state index in [0.29, 0.717) is 31.7 Å². The van der Waals surface area contributed by atoms with E-state index in [2.05, 4.69) is 7.05 Å². The summed E-state index contributed by atoms with van der Waals surface area (Å²) in [6.45, 7) is 4.43. The fraction of sp³-hybridized carbons (Fsp3) is 0.562. The van der Waals surface area contributed by atoms with Gasteiger partial charge in [0.2, 0.25) is 10.0 Å². The van der Waals surface area contributed by atoms with Crippen molar-refractivity contribution >= 4 is 15.9 Å². The molecular weight excluding hydrogens is 314 g/mol. The van der Waals surface area contributed by atoms with E-state index in [1.807, 2.05) is 4.90 Å². The van der Waals surface area contributed by atoms with Gasteiger partial charge in [0.15, 0.2) is 0 Å². The highest BCUT2D eigenvalue weighted by Crippen LogP contribution is 2.22. The third-order valence-corrected chi connectivity index (χ3v) is 6.58. The van der Waals surface area contributed by atoms with Gasteiger partial charge in [-0.05, 0) is 31.0 Å². The van der Waals surface area contributed by atoms with Gasteiger partial charge in [-0.3, -0.25) is 4.79 Å². The maximum atomic E-state index is 12.6. The van der Waals surface area contributed by atoms with Crippen LogP contribution in [0.4, 0.5) is 0 Å². The Balaban J connectivity index is 1.81. The molecule has 6 nitrogen and oxygen atoms in total. The Morgan fingerprint density at radius 1 is 1.09 bits per heavy atom. The number of sulfonamides is 1. The minimum Gasteiger partial charge on any atom is -0.334 e. The lowest BCUT2D eigenvalue weighted by Crippen LogP contribution is -3.12. The van der Waals surface area contributed by atoms with Crippen molar-refractivity contribution in [2.45, 2.75) is 17.7 Å². The Bertz CT molecular complexity index is 676.